The molecule has 0 aliphatic heterocycles. The molecule has 1 atom stereocenters. The molecule has 1 rings (SSSR count). The highest BCUT2D eigenvalue weighted by Crippen LogP contribution is 2.27. The number of halogens is 3. The van der Waals surface area contributed by atoms with Gasteiger partial charge < -0.3 is 4.74 Å². The van der Waals surface area contributed by atoms with Crippen LogP contribution in [0, 0.1) is 5.82 Å². The number of hydrogen-bond donors (Lipinski definition) is 0. The van der Waals surface area contributed by atoms with Gasteiger partial charge >= 0.3 is 5.97 Å². The van der Waals surface area contributed by atoms with E-state index in [1.807, 2.05) is 0 Å². The number of carbonyl (C=O) groups is 1. The molecule has 0 heterocycles. The highest BCUT2D eigenvalue weighted by atomic mass is 127. The second kappa shape index (κ2) is 7.16. The van der Waals surface area contributed by atoms with Gasteiger partial charge in [-0.05, 0) is 30.0 Å². The number of methoxy groups -OCH3 is 1. The van der Waals surface area contributed by atoms with E-state index in [9.17, 15) is 9.18 Å². The normalized spacial score (nSPS) is 12.2. The van der Waals surface area contributed by atoms with E-state index in [4.69, 9.17) is 11.6 Å². The van der Waals surface area contributed by atoms with Crippen molar-refractivity contribution in [3.05, 3.63) is 34.6 Å². The summed E-state index contributed by atoms with van der Waals surface area (Å²) in [5, 5.41) is 0.0973. The number of rotatable bonds is 5. The molecule has 0 aliphatic rings. The van der Waals surface area contributed by atoms with E-state index >= 15 is 0 Å². The molecule has 94 valence electrons. The first-order chi connectivity index (χ1) is 8.08. The van der Waals surface area contributed by atoms with Gasteiger partial charge in [0.1, 0.15) is 5.82 Å². The fourth-order valence-corrected chi connectivity index (χ4v) is 2.44. The van der Waals surface area contributed by atoms with Crippen molar-refractivity contribution in [2.24, 2.45) is 0 Å². The molecule has 17 heavy (non-hydrogen) atoms. The third-order valence-electron chi connectivity index (χ3n) is 2.51. The second-order valence-electron chi connectivity index (χ2n) is 3.63. The molecule has 5 heteroatoms. The number of hydrogen-bond acceptors (Lipinski definition) is 2. The lowest BCUT2D eigenvalue weighted by Crippen LogP contribution is -2.09. The average molecular weight is 371 g/mol. The van der Waals surface area contributed by atoms with Crippen LogP contribution in [0.25, 0.3) is 0 Å². The van der Waals surface area contributed by atoms with Crippen molar-refractivity contribution in [2.45, 2.75) is 18.8 Å². The van der Waals surface area contributed by atoms with Crippen molar-refractivity contribution in [3.8, 4) is 0 Å². The Hall–Kier alpha value is -0.360. The molecule has 0 bridgehead atoms. The molecule has 0 spiro atoms. The van der Waals surface area contributed by atoms with Gasteiger partial charge in [0.15, 0.2) is 0 Å². The Morgan fingerprint density at radius 1 is 1.59 bits per heavy atom. The molecule has 0 aromatic heterocycles. The van der Waals surface area contributed by atoms with Crippen molar-refractivity contribution < 1.29 is 13.9 Å². The molecule has 2 nitrogen and oxygen atoms in total. The third-order valence-corrected chi connectivity index (χ3v) is 3.44. The SMILES string of the molecule is COC(=O)CC(CCI)c1ccc(Cl)c(F)c1. The first-order valence-electron chi connectivity index (χ1n) is 5.16. The van der Waals surface area contributed by atoms with Crippen LogP contribution < -0.4 is 0 Å². The maximum Gasteiger partial charge on any atom is 0.306 e. The van der Waals surface area contributed by atoms with Gasteiger partial charge in [0.05, 0.1) is 18.6 Å². The summed E-state index contributed by atoms with van der Waals surface area (Å²) in [6.07, 6.45) is 1.07. The predicted octanol–water partition coefficient (Wildman–Crippen LogP) is 3.95. The monoisotopic (exact) mass is 370 g/mol. The molecular weight excluding hydrogens is 357 g/mol. The van der Waals surface area contributed by atoms with E-state index in [2.05, 4.69) is 27.3 Å². The van der Waals surface area contributed by atoms with E-state index < -0.39 is 5.82 Å². The molecule has 0 N–H and O–H groups in total. The third kappa shape index (κ3) is 4.43. The summed E-state index contributed by atoms with van der Waals surface area (Å²) in [6, 6.07) is 4.66. The first kappa shape index (κ1) is 14.7. The van der Waals surface area contributed by atoms with Crippen LogP contribution in [0.5, 0.6) is 0 Å². The minimum atomic E-state index is -0.451. The molecule has 0 fully saturated rings. The summed E-state index contributed by atoms with van der Waals surface area (Å²) in [6.45, 7) is 0. The lowest BCUT2D eigenvalue weighted by molar-refractivity contribution is -0.141. The van der Waals surface area contributed by atoms with Gasteiger partial charge in [-0.3, -0.25) is 4.79 Å². The molecule has 0 radical (unpaired) electrons. The minimum absolute atomic E-state index is 0.0221. The molecular formula is C12H13ClFIO2. The summed E-state index contributed by atoms with van der Waals surface area (Å²) in [5.41, 5.74) is 0.786. The Morgan fingerprint density at radius 3 is 2.82 bits per heavy atom. The number of alkyl halides is 1. The summed E-state index contributed by atoms with van der Waals surface area (Å²) < 4.78 is 18.9. The van der Waals surface area contributed by atoms with Gasteiger partial charge in [0.2, 0.25) is 0 Å². The summed E-state index contributed by atoms with van der Waals surface area (Å²) in [4.78, 5) is 11.3. The van der Waals surface area contributed by atoms with Gasteiger partial charge in [-0.25, -0.2) is 4.39 Å². The molecule has 0 saturated heterocycles. The van der Waals surface area contributed by atoms with Crippen molar-refractivity contribution in [2.75, 3.05) is 11.5 Å². The van der Waals surface area contributed by atoms with Gasteiger partial charge in [0, 0.05) is 4.43 Å². The van der Waals surface area contributed by atoms with Crippen LogP contribution >= 0.6 is 34.2 Å². The van der Waals surface area contributed by atoms with Crippen molar-refractivity contribution in [1.82, 2.24) is 0 Å². The molecule has 0 aliphatic carbocycles. The predicted molar refractivity (Wildman–Crippen MR) is 74.3 cm³/mol. The zero-order valence-electron chi connectivity index (χ0n) is 9.38. The number of ether oxygens (including phenoxy) is 1. The summed E-state index contributed by atoms with van der Waals surface area (Å²) in [7, 11) is 1.35. The molecule has 1 aromatic carbocycles. The zero-order chi connectivity index (χ0) is 12.8. The Morgan fingerprint density at radius 2 is 2.29 bits per heavy atom. The Balaban J connectivity index is 2.88. The molecule has 0 amide bonds. The smallest absolute Gasteiger partial charge is 0.306 e. The lowest BCUT2D eigenvalue weighted by atomic mass is 9.93. The Kier molecular flexibility index (Phi) is 6.19. The Bertz CT molecular complexity index is 398. The van der Waals surface area contributed by atoms with Gasteiger partial charge in [-0.2, -0.15) is 0 Å². The number of carbonyl (C=O) groups excluding carboxylic acids is 1. The van der Waals surface area contributed by atoms with Crippen molar-refractivity contribution in [1.29, 1.82) is 0 Å². The maximum absolute atomic E-state index is 13.3. The van der Waals surface area contributed by atoms with Crippen LogP contribution in [0.1, 0.15) is 24.3 Å². The lowest BCUT2D eigenvalue weighted by Gasteiger charge is -2.15. The van der Waals surface area contributed by atoms with Crippen LogP contribution in [0.15, 0.2) is 18.2 Å². The van der Waals surface area contributed by atoms with Gasteiger partial charge in [0.25, 0.3) is 0 Å². The fraction of sp³-hybridized carbons (Fsp3) is 0.417. The second-order valence-corrected chi connectivity index (χ2v) is 5.11. The van der Waals surface area contributed by atoms with E-state index in [0.29, 0.717) is 0 Å². The van der Waals surface area contributed by atoms with Crippen LogP contribution in [0.2, 0.25) is 5.02 Å². The number of esters is 1. The summed E-state index contributed by atoms with van der Waals surface area (Å²) >= 11 is 7.86. The van der Waals surface area contributed by atoms with Crippen molar-refractivity contribution in [3.63, 3.8) is 0 Å². The standard InChI is InChI=1S/C12H13ClFIO2/c1-17-12(16)7-9(4-5-15)8-2-3-10(13)11(14)6-8/h2-3,6,9H,4-5,7H2,1H3. The first-order valence-corrected chi connectivity index (χ1v) is 7.06. The van der Waals surface area contributed by atoms with Crippen molar-refractivity contribution >= 4 is 40.2 Å². The molecule has 1 aromatic rings. The quantitative estimate of drug-likeness (QED) is 0.446. The summed E-state index contributed by atoms with van der Waals surface area (Å²) in [5.74, 6) is -0.756. The van der Waals surface area contributed by atoms with E-state index in [1.54, 1.807) is 6.07 Å². The number of benzene rings is 1. The maximum atomic E-state index is 13.3. The minimum Gasteiger partial charge on any atom is -0.469 e. The Labute approximate surface area is 119 Å². The van der Waals surface area contributed by atoms with E-state index in [1.165, 1.54) is 19.2 Å². The van der Waals surface area contributed by atoms with Crippen LogP contribution in [0.3, 0.4) is 0 Å². The molecule has 0 saturated carbocycles. The van der Waals surface area contributed by atoms with E-state index in [0.717, 1.165) is 16.4 Å². The van der Waals surface area contributed by atoms with E-state index in [-0.39, 0.29) is 23.3 Å². The van der Waals surface area contributed by atoms with Crippen LogP contribution in [0.4, 0.5) is 4.39 Å². The average Bonchev–Trinajstić information content (AvgIpc) is 2.32. The fourth-order valence-electron chi connectivity index (χ4n) is 1.57. The molecule has 1 unspecified atom stereocenters. The van der Waals surface area contributed by atoms with Crippen LogP contribution in [-0.2, 0) is 9.53 Å². The zero-order valence-corrected chi connectivity index (χ0v) is 12.3. The topological polar surface area (TPSA) is 26.3 Å². The largest absolute Gasteiger partial charge is 0.469 e. The van der Waals surface area contributed by atoms with Crippen LogP contribution in [-0.4, -0.2) is 17.5 Å². The van der Waals surface area contributed by atoms with Gasteiger partial charge in [-0.1, -0.05) is 40.3 Å². The highest BCUT2D eigenvalue weighted by molar-refractivity contribution is 14.1. The van der Waals surface area contributed by atoms with Gasteiger partial charge in [-0.15, -0.1) is 0 Å². The highest BCUT2D eigenvalue weighted by Gasteiger charge is 2.17.